The Morgan fingerprint density at radius 3 is 2.56 bits per heavy atom. The van der Waals surface area contributed by atoms with Crippen molar-refractivity contribution in [1.29, 1.82) is 0 Å². The molecule has 0 aromatic heterocycles. The highest BCUT2D eigenvalue weighted by molar-refractivity contribution is 6.31. The lowest BCUT2D eigenvalue weighted by Gasteiger charge is -2.16. The lowest BCUT2D eigenvalue weighted by Crippen LogP contribution is -2.92. The Balaban J connectivity index is 2.69. The molecule has 4 heteroatoms. The number of benzene rings is 1. The normalized spacial score (nSPS) is 14.2. The Morgan fingerprint density at radius 1 is 1.38 bits per heavy atom. The molecule has 0 fully saturated rings. The highest BCUT2D eigenvalue weighted by Gasteiger charge is 2.20. The van der Waals surface area contributed by atoms with Crippen molar-refractivity contribution in [2.24, 2.45) is 0 Å². The molecule has 1 aromatic rings. The average molecular weight is 242 g/mol. The number of likely N-dealkylation sites (N-methyl/N-ethyl adjacent to an activating group) is 1. The van der Waals surface area contributed by atoms with Crippen molar-refractivity contribution in [3.8, 4) is 0 Å². The molecule has 3 N–H and O–H groups in total. The molecule has 16 heavy (non-hydrogen) atoms. The fraction of sp³-hybridized carbons (Fsp3) is 0.417. The molecule has 0 spiro atoms. The maximum Gasteiger partial charge on any atom is 0.277 e. The summed E-state index contributed by atoms with van der Waals surface area (Å²) in [6.45, 7) is 3.92. The van der Waals surface area contributed by atoms with Gasteiger partial charge in [-0.05, 0) is 19.9 Å². The van der Waals surface area contributed by atoms with Crippen molar-refractivity contribution in [3.05, 3.63) is 34.9 Å². The van der Waals surface area contributed by atoms with Crippen LogP contribution in [-0.2, 0) is 4.79 Å². The second-order valence-electron chi connectivity index (χ2n) is 3.91. The van der Waals surface area contributed by atoms with E-state index in [2.05, 4.69) is 5.32 Å². The average Bonchev–Trinajstić information content (AvgIpc) is 2.28. The summed E-state index contributed by atoms with van der Waals surface area (Å²) in [4.78, 5) is 11.4. The van der Waals surface area contributed by atoms with E-state index in [-0.39, 0.29) is 18.0 Å². The molecule has 0 saturated carbocycles. The molecule has 88 valence electrons. The Bertz CT molecular complexity index is 368. The third-order valence-corrected chi connectivity index (χ3v) is 2.98. The van der Waals surface area contributed by atoms with Crippen LogP contribution < -0.4 is 10.6 Å². The van der Waals surface area contributed by atoms with Crippen LogP contribution in [0, 0.1) is 0 Å². The number of carbonyl (C=O) groups is 1. The monoisotopic (exact) mass is 241 g/mol. The molecular formula is C12H18ClN2O+. The SMILES string of the molecule is CNC(=O)[C@@H](C)[NH2+][C@@H](C)c1ccccc1Cl. The Hall–Kier alpha value is -1.06. The number of carbonyl (C=O) groups excluding carboxylic acids is 1. The second kappa shape index (κ2) is 5.87. The van der Waals surface area contributed by atoms with Gasteiger partial charge >= 0.3 is 0 Å². The second-order valence-corrected chi connectivity index (χ2v) is 4.31. The summed E-state index contributed by atoms with van der Waals surface area (Å²) in [5.74, 6) is 0.0268. The quantitative estimate of drug-likeness (QED) is 0.815. The van der Waals surface area contributed by atoms with Gasteiger partial charge in [0.2, 0.25) is 0 Å². The molecule has 2 atom stereocenters. The fourth-order valence-corrected chi connectivity index (χ4v) is 2.00. The lowest BCUT2D eigenvalue weighted by molar-refractivity contribution is -0.710. The summed E-state index contributed by atoms with van der Waals surface area (Å²) >= 11 is 6.10. The van der Waals surface area contributed by atoms with Gasteiger partial charge in [-0.2, -0.15) is 0 Å². The third-order valence-electron chi connectivity index (χ3n) is 2.63. The molecule has 3 nitrogen and oxygen atoms in total. The minimum Gasteiger partial charge on any atom is -0.354 e. The Labute approximate surface area is 101 Å². The van der Waals surface area contributed by atoms with E-state index in [1.165, 1.54) is 0 Å². The summed E-state index contributed by atoms with van der Waals surface area (Å²) in [6, 6.07) is 7.76. The van der Waals surface area contributed by atoms with Gasteiger partial charge in [0, 0.05) is 17.6 Å². The largest absolute Gasteiger partial charge is 0.354 e. The van der Waals surface area contributed by atoms with Gasteiger partial charge in [-0.1, -0.05) is 29.8 Å². The van der Waals surface area contributed by atoms with E-state index in [1.54, 1.807) is 7.05 Å². The van der Waals surface area contributed by atoms with E-state index in [4.69, 9.17) is 11.6 Å². The lowest BCUT2D eigenvalue weighted by atomic mass is 10.1. The number of rotatable bonds is 4. The predicted octanol–water partition coefficient (Wildman–Crippen LogP) is 1.10. The van der Waals surface area contributed by atoms with Gasteiger partial charge in [-0.15, -0.1) is 0 Å². The van der Waals surface area contributed by atoms with Crippen LogP contribution in [0.4, 0.5) is 0 Å². The molecule has 0 radical (unpaired) electrons. The number of quaternary nitrogens is 1. The van der Waals surface area contributed by atoms with Crippen LogP contribution in [0.2, 0.25) is 5.02 Å². The van der Waals surface area contributed by atoms with Gasteiger partial charge in [-0.3, -0.25) is 4.79 Å². The van der Waals surface area contributed by atoms with E-state index < -0.39 is 0 Å². The molecule has 0 bridgehead atoms. The van der Waals surface area contributed by atoms with Gasteiger partial charge in [-0.25, -0.2) is 0 Å². The highest BCUT2D eigenvalue weighted by atomic mass is 35.5. The smallest absolute Gasteiger partial charge is 0.277 e. The number of hydrogen-bond donors (Lipinski definition) is 2. The zero-order valence-electron chi connectivity index (χ0n) is 9.83. The summed E-state index contributed by atoms with van der Waals surface area (Å²) < 4.78 is 0. The number of nitrogens with two attached hydrogens (primary N) is 1. The number of nitrogens with one attached hydrogen (secondary N) is 1. The Morgan fingerprint density at radius 2 is 2.00 bits per heavy atom. The zero-order valence-corrected chi connectivity index (χ0v) is 10.6. The maximum absolute atomic E-state index is 11.4. The van der Waals surface area contributed by atoms with Crippen molar-refractivity contribution in [3.63, 3.8) is 0 Å². The molecule has 1 rings (SSSR count). The molecule has 0 aliphatic rings. The van der Waals surface area contributed by atoms with E-state index in [0.717, 1.165) is 10.6 Å². The Kier molecular flexibility index (Phi) is 4.77. The van der Waals surface area contributed by atoms with Gasteiger partial charge in [0.05, 0.1) is 0 Å². The van der Waals surface area contributed by atoms with Crippen molar-refractivity contribution in [2.75, 3.05) is 7.05 Å². The summed E-state index contributed by atoms with van der Waals surface area (Å²) in [5.41, 5.74) is 1.06. The van der Waals surface area contributed by atoms with Crippen LogP contribution in [0.3, 0.4) is 0 Å². The van der Waals surface area contributed by atoms with Crippen LogP contribution in [0.1, 0.15) is 25.5 Å². The van der Waals surface area contributed by atoms with Crippen molar-refractivity contribution in [2.45, 2.75) is 25.9 Å². The van der Waals surface area contributed by atoms with Crippen LogP contribution in [0.25, 0.3) is 0 Å². The fourth-order valence-electron chi connectivity index (χ4n) is 1.70. The van der Waals surface area contributed by atoms with Gasteiger partial charge in [0.15, 0.2) is 6.04 Å². The number of amides is 1. The van der Waals surface area contributed by atoms with E-state index >= 15 is 0 Å². The minimum absolute atomic E-state index is 0.0268. The van der Waals surface area contributed by atoms with Crippen LogP contribution in [0.5, 0.6) is 0 Å². The van der Waals surface area contributed by atoms with Crippen LogP contribution >= 0.6 is 11.6 Å². The first-order valence-electron chi connectivity index (χ1n) is 5.37. The molecule has 1 aromatic carbocycles. The molecule has 1 amide bonds. The first kappa shape index (κ1) is 13.0. The minimum atomic E-state index is -0.115. The topological polar surface area (TPSA) is 45.7 Å². The zero-order chi connectivity index (χ0) is 12.1. The summed E-state index contributed by atoms with van der Waals surface area (Å²) in [5, 5.41) is 5.38. The van der Waals surface area contributed by atoms with Gasteiger partial charge < -0.3 is 10.6 Å². The van der Waals surface area contributed by atoms with E-state index in [1.807, 2.05) is 43.4 Å². The molecular weight excluding hydrogens is 224 g/mol. The molecule has 0 aliphatic heterocycles. The summed E-state index contributed by atoms with van der Waals surface area (Å²) in [7, 11) is 1.65. The van der Waals surface area contributed by atoms with E-state index in [0.29, 0.717) is 0 Å². The molecule has 0 unspecified atom stereocenters. The van der Waals surface area contributed by atoms with Crippen molar-refractivity contribution in [1.82, 2.24) is 5.32 Å². The first-order valence-corrected chi connectivity index (χ1v) is 5.75. The van der Waals surface area contributed by atoms with Gasteiger partial charge in [0.1, 0.15) is 6.04 Å². The van der Waals surface area contributed by atoms with Crippen LogP contribution in [-0.4, -0.2) is 19.0 Å². The maximum atomic E-state index is 11.4. The van der Waals surface area contributed by atoms with Crippen molar-refractivity contribution >= 4 is 17.5 Å². The van der Waals surface area contributed by atoms with E-state index in [9.17, 15) is 4.79 Å². The predicted molar refractivity (Wildman–Crippen MR) is 65.3 cm³/mol. The highest BCUT2D eigenvalue weighted by Crippen LogP contribution is 2.19. The molecule has 0 heterocycles. The molecule has 0 aliphatic carbocycles. The van der Waals surface area contributed by atoms with Crippen molar-refractivity contribution < 1.29 is 10.1 Å². The van der Waals surface area contributed by atoms with Crippen LogP contribution in [0.15, 0.2) is 24.3 Å². The number of halogens is 1. The standard InChI is InChI=1S/C12H17ClN2O/c1-8(15-9(2)12(16)14-3)10-6-4-5-7-11(10)13/h4-9,15H,1-3H3,(H,14,16)/p+1/t8-,9+/m0/s1. The summed E-state index contributed by atoms with van der Waals surface area (Å²) in [6.07, 6.45) is 0. The number of hydrogen-bond acceptors (Lipinski definition) is 1. The third kappa shape index (κ3) is 3.22. The first-order chi connectivity index (χ1) is 7.56. The molecule has 0 saturated heterocycles. The van der Waals surface area contributed by atoms with Gasteiger partial charge in [0.25, 0.3) is 5.91 Å².